The summed E-state index contributed by atoms with van der Waals surface area (Å²) in [5.74, 6) is -0.0275. The van der Waals surface area contributed by atoms with Crippen LogP contribution in [0.5, 0.6) is 0 Å². The summed E-state index contributed by atoms with van der Waals surface area (Å²) < 4.78 is 1.90. The standard InChI is InChI=1S/C22H13N3.C17H11N5/c1-25-21-12-10-20(11-13-21)22(18-6-2-16(14-23)3-7-18)19-8-4-17(15-24)5-9-19;1-19-16-8-6-15(7-9-16)17(22-11-20-21-12-22)14-4-2-13(10-18)3-5-14/h2-13,22H;2-9,11-12,17H. The van der Waals surface area contributed by atoms with Gasteiger partial charge in [0.1, 0.15) is 12.7 Å². The number of benzene rings is 5. The Morgan fingerprint density at radius 3 is 1.09 bits per heavy atom. The average molecular weight is 605 g/mol. The van der Waals surface area contributed by atoms with Gasteiger partial charge in [-0.1, -0.05) is 84.9 Å². The van der Waals surface area contributed by atoms with Crippen molar-refractivity contribution in [3.8, 4) is 18.2 Å². The first-order valence-electron chi connectivity index (χ1n) is 14.4. The van der Waals surface area contributed by atoms with Gasteiger partial charge in [-0.2, -0.15) is 15.8 Å². The highest BCUT2D eigenvalue weighted by molar-refractivity contribution is 5.52. The molecule has 0 bridgehead atoms. The van der Waals surface area contributed by atoms with Crippen LogP contribution in [0.2, 0.25) is 0 Å². The molecule has 5 aromatic carbocycles. The van der Waals surface area contributed by atoms with E-state index in [1.807, 2.05) is 77.4 Å². The third-order valence-electron chi connectivity index (χ3n) is 7.53. The van der Waals surface area contributed by atoms with Gasteiger partial charge in [-0.25, -0.2) is 9.69 Å². The molecule has 8 nitrogen and oxygen atoms in total. The number of nitriles is 3. The van der Waals surface area contributed by atoms with E-state index in [9.17, 15) is 0 Å². The molecule has 0 saturated carbocycles. The van der Waals surface area contributed by atoms with Crippen LogP contribution in [0, 0.1) is 47.1 Å². The maximum absolute atomic E-state index is 9.01. The molecule has 0 N–H and O–H groups in total. The lowest BCUT2D eigenvalue weighted by Gasteiger charge is -2.19. The number of hydrogen-bond donors (Lipinski definition) is 0. The summed E-state index contributed by atoms with van der Waals surface area (Å²) >= 11 is 0. The van der Waals surface area contributed by atoms with Crippen molar-refractivity contribution in [3.63, 3.8) is 0 Å². The SMILES string of the molecule is [C-]#[N+]c1ccc(C(c2ccc(C#N)cc2)c2ccc(C#N)cc2)cc1.[C-]#[N+]c1ccc(C(c2ccc(C#N)cc2)n2cnnc2)cc1. The Bertz CT molecular complexity index is 1950. The average Bonchev–Trinajstić information content (AvgIpc) is 3.68. The smallest absolute Gasteiger partial charge is 0.187 e. The fourth-order valence-corrected chi connectivity index (χ4v) is 5.17. The van der Waals surface area contributed by atoms with Gasteiger partial charge < -0.3 is 4.57 Å². The first-order chi connectivity index (χ1) is 23.1. The second-order valence-corrected chi connectivity index (χ2v) is 10.4. The van der Waals surface area contributed by atoms with Gasteiger partial charge in [0.05, 0.1) is 54.1 Å². The fraction of sp³-hybridized carbons (Fsp3) is 0.0513. The quantitative estimate of drug-likeness (QED) is 0.140. The van der Waals surface area contributed by atoms with Crippen LogP contribution in [0.25, 0.3) is 9.69 Å². The topological polar surface area (TPSA) is 111 Å². The largest absolute Gasteiger partial charge is 0.308 e. The summed E-state index contributed by atoms with van der Waals surface area (Å²) in [5.41, 5.74) is 8.27. The Morgan fingerprint density at radius 1 is 0.468 bits per heavy atom. The highest BCUT2D eigenvalue weighted by Gasteiger charge is 2.18. The predicted molar refractivity (Wildman–Crippen MR) is 177 cm³/mol. The maximum atomic E-state index is 9.01. The summed E-state index contributed by atoms with van der Waals surface area (Å²) in [5, 5.41) is 34.7. The van der Waals surface area contributed by atoms with E-state index in [1.54, 1.807) is 61.2 Å². The minimum absolute atomic E-state index is 0.0275. The monoisotopic (exact) mass is 604 g/mol. The van der Waals surface area contributed by atoms with Crippen LogP contribution in [-0.4, -0.2) is 14.8 Å². The molecule has 6 aromatic rings. The van der Waals surface area contributed by atoms with Crippen LogP contribution in [0.4, 0.5) is 11.4 Å². The second-order valence-electron chi connectivity index (χ2n) is 10.4. The van der Waals surface area contributed by atoms with Gasteiger partial charge in [-0.15, -0.1) is 10.2 Å². The molecule has 0 aliphatic carbocycles. The highest BCUT2D eigenvalue weighted by Crippen LogP contribution is 2.33. The van der Waals surface area contributed by atoms with E-state index in [4.69, 9.17) is 28.9 Å². The molecule has 1 heterocycles. The maximum Gasteiger partial charge on any atom is 0.187 e. The van der Waals surface area contributed by atoms with Gasteiger partial charge in [0.2, 0.25) is 0 Å². The zero-order valence-corrected chi connectivity index (χ0v) is 24.9. The van der Waals surface area contributed by atoms with Gasteiger partial charge >= 0.3 is 0 Å². The zero-order valence-electron chi connectivity index (χ0n) is 24.9. The lowest BCUT2D eigenvalue weighted by molar-refractivity contribution is 0.674. The number of nitrogens with zero attached hydrogens (tertiary/aromatic N) is 8. The van der Waals surface area contributed by atoms with Crippen molar-refractivity contribution < 1.29 is 0 Å². The molecule has 0 saturated heterocycles. The van der Waals surface area contributed by atoms with E-state index in [0.717, 1.165) is 27.8 Å². The summed E-state index contributed by atoms with van der Waals surface area (Å²) in [4.78, 5) is 6.85. The molecule has 0 radical (unpaired) electrons. The van der Waals surface area contributed by atoms with Crippen molar-refractivity contribution in [3.05, 3.63) is 201 Å². The van der Waals surface area contributed by atoms with Crippen molar-refractivity contribution in [2.45, 2.75) is 12.0 Å². The summed E-state index contributed by atoms with van der Waals surface area (Å²) in [7, 11) is 0. The molecule has 1 unspecified atom stereocenters. The second kappa shape index (κ2) is 14.9. The fourth-order valence-electron chi connectivity index (χ4n) is 5.17. The van der Waals surface area contributed by atoms with Gasteiger partial charge in [0.25, 0.3) is 0 Å². The van der Waals surface area contributed by atoms with E-state index in [2.05, 4.69) is 38.1 Å². The molecule has 47 heavy (non-hydrogen) atoms. The Labute approximate surface area is 272 Å². The molecular formula is C39H24N8. The van der Waals surface area contributed by atoms with E-state index >= 15 is 0 Å². The van der Waals surface area contributed by atoms with Crippen LogP contribution < -0.4 is 0 Å². The zero-order chi connectivity index (χ0) is 33.0. The first kappa shape index (κ1) is 31.1. The first-order valence-corrected chi connectivity index (χ1v) is 14.4. The van der Waals surface area contributed by atoms with Crippen molar-refractivity contribution >= 4 is 11.4 Å². The molecular weight excluding hydrogens is 580 g/mol. The highest BCUT2D eigenvalue weighted by atomic mass is 15.2. The molecule has 0 aliphatic rings. The van der Waals surface area contributed by atoms with E-state index < -0.39 is 0 Å². The van der Waals surface area contributed by atoms with Gasteiger partial charge in [0, 0.05) is 5.92 Å². The molecule has 0 aliphatic heterocycles. The van der Waals surface area contributed by atoms with Crippen LogP contribution in [0.15, 0.2) is 134 Å². The Kier molecular flexibility index (Phi) is 9.88. The van der Waals surface area contributed by atoms with Crippen molar-refractivity contribution in [1.82, 2.24) is 14.8 Å². The van der Waals surface area contributed by atoms with E-state index in [1.165, 1.54) is 0 Å². The third kappa shape index (κ3) is 7.44. The van der Waals surface area contributed by atoms with Crippen LogP contribution in [-0.2, 0) is 0 Å². The normalized spacial score (nSPS) is 10.6. The van der Waals surface area contributed by atoms with Crippen LogP contribution in [0.3, 0.4) is 0 Å². The molecule has 0 amide bonds. The lowest BCUT2D eigenvalue weighted by Crippen LogP contribution is -2.10. The molecule has 1 atom stereocenters. The summed E-state index contributed by atoms with van der Waals surface area (Å²) in [6, 6.07) is 43.7. The lowest BCUT2D eigenvalue weighted by atomic mass is 9.84. The molecule has 0 spiro atoms. The third-order valence-corrected chi connectivity index (χ3v) is 7.53. The summed E-state index contributed by atoms with van der Waals surface area (Å²) in [6.45, 7) is 14.1. The van der Waals surface area contributed by atoms with Crippen molar-refractivity contribution in [1.29, 1.82) is 15.8 Å². The molecule has 1 aromatic heterocycles. The van der Waals surface area contributed by atoms with Gasteiger partial charge in [-0.3, -0.25) is 0 Å². The molecule has 0 fully saturated rings. The molecule has 6 rings (SSSR count). The van der Waals surface area contributed by atoms with E-state index in [-0.39, 0.29) is 12.0 Å². The minimum Gasteiger partial charge on any atom is -0.308 e. The van der Waals surface area contributed by atoms with Crippen LogP contribution >= 0.6 is 0 Å². The Hall–Kier alpha value is -7.31. The summed E-state index contributed by atoms with van der Waals surface area (Å²) in [6.07, 6.45) is 3.32. The van der Waals surface area contributed by atoms with Gasteiger partial charge in [0.15, 0.2) is 11.4 Å². The van der Waals surface area contributed by atoms with Crippen molar-refractivity contribution in [2.24, 2.45) is 0 Å². The number of rotatable bonds is 6. The predicted octanol–water partition coefficient (Wildman–Crippen LogP) is 8.50. The Balaban J connectivity index is 0.000000186. The Morgan fingerprint density at radius 2 is 0.766 bits per heavy atom. The van der Waals surface area contributed by atoms with E-state index in [0.29, 0.717) is 28.1 Å². The molecule has 8 heteroatoms. The van der Waals surface area contributed by atoms with Crippen molar-refractivity contribution in [2.75, 3.05) is 0 Å². The number of aromatic nitrogens is 3. The van der Waals surface area contributed by atoms with Crippen LogP contribution in [0.1, 0.15) is 56.5 Å². The number of hydrogen-bond acceptors (Lipinski definition) is 5. The minimum atomic E-state index is -0.0949. The molecule has 220 valence electrons. The van der Waals surface area contributed by atoms with Gasteiger partial charge in [-0.05, 0) is 64.2 Å².